The molecular formula is C15H24. The predicted molar refractivity (Wildman–Crippen MR) is 68.5 cm³/mol. The van der Waals surface area contributed by atoms with Gasteiger partial charge in [0.05, 0.1) is 0 Å². The van der Waals surface area contributed by atoms with Gasteiger partial charge in [0.1, 0.15) is 0 Å². The van der Waals surface area contributed by atoms with Gasteiger partial charge in [-0.15, -0.1) is 0 Å². The summed E-state index contributed by atoms with van der Waals surface area (Å²) >= 11 is 0. The maximum absolute atomic E-state index is 2.34. The highest BCUT2D eigenvalue weighted by atomic mass is 14.2. The van der Waals surface area contributed by atoms with Crippen LogP contribution in [0.2, 0.25) is 0 Å². The lowest BCUT2D eigenvalue weighted by molar-refractivity contribution is 0.711. The van der Waals surface area contributed by atoms with Crippen LogP contribution in [0.15, 0.2) is 12.1 Å². The van der Waals surface area contributed by atoms with E-state index in [0.29, 0.717) is 0 Å². The Morgan fingerprint density at radius 2 is 1.53 bits per heavy atom. The van der Waals surface area contributed by atoms with Crippen molar-refractivity contribution in [1.82, 2.24) is 0 Å². The van der Waals surface area contributed by atoms with Crippen LogP contribution in [0.1, 0.15) is 55.4 Å². The molecule has 0 heterocycles. The van der Waals surface area contributed by atoms with Crippen molar-refractivity contribution in [2.45, 2.75) is 59.8 Å². The first-order chi connectivity index (χ1) is 7.29. The third kappa shape index (κ3) is 2.84. The molecule has 0 spiro atoms. The van der Waals surface area contributed by atoms with Crippen LogP contribution >= 0.6 is 0 Å². The third-order valence-corrected chi connectivity index (χ3v) is 3.34. The van der Waals surface area contributed by atoms with Gasteiger partial charge in [0, 0.05) is 0 Å². The summed E-state index contributed by atoms with van der Waals surface area (Å²) in [7, 11) is 0. The van der Waals surface area contributed by atoms with Gasteiger partial charge in [0.2, 0.25) is 0 Å². The molecule has 1 aromatic carbocycles. The predicted octanol–water partition coefficient (Wildman–Crippen LogP) is 4.60. The van der Waals surface area contributed by atoms with E-state index in [1.165, 1.54) is 37.7 Å². The molecule has 0 heteroatoms. The topological polar surface area (TPSA) is 0 Å². The van der Waals surface area contributed by atoms with Gasteiger partial charge in [0.15, 0.2) is 0 Å². The fourth-order valence-electron chi connectivity index (χ4n) is 2.31. The van der Waals surface area contributed by atoms with Gasteiger partial charge < -0.3 is 0 Å². The number of benzene rings is 1. The molecule has 0 bridgehead atoms. The second kappa shape index (κ2) is 5.95. The van der Waals surface area contributed by atoms with Crippen LogP contribution in [0.5, 0.6) is 0 Å². The highest BCUT2D eigenvalue weighted by Gasteiger charge is 2.10. The van der Waals surface area contributed by atoms with E-state index in [9.17, 15) is 0 Å². The molecule has 0 fully saturated rings. The largest absolute Gasteiger partial charge is 0.0683 e. The lowest BCUT2D eigenvalue weighted by atomic mass is 9.94. The molecule has 0 saturated carbocycles. The van der Waals surface area contributed by atoms with Crippen LogP contribution in [0.3, 0.4) is 0 Å². The number of rotatable bonds is 0. The van der Waals surface area contributed by atoms with Crippen molar-refractivity contribution in [2.24, 2.45) is 0 Å². The molecule has 0 aliphatic heterocycles. The van der Waals surface area contributed by atoms with Gasteiger partial charge in [-0.1, -0.05) is 32.4 Å². The van der Waals surface area contributed by atoms with E-state index in [1.54, 1.807) is 16.7 Å². The highest BCUT2D eigenvalue weighted by Crippen LogP contribution is 2.25. The zero-order valence-corrected chi connectivity index (χ0v) is 10.7. The summed E-state index contributed by atoms with van der Waals surface area (Å²) in [6.07, 6.45) is 6.79. The molecule has 84 valence electrons. The second-order valence-corrected chi connectivity index (χ2v) is 4.21. The monoisotopic (exact) mass is 204 g/mol. The minimum Gasteiger partial charge on any atom is -0.0683 e. The maximum Gasteiger partial charge on any atom is -0.0273 e. The molecule has 1 aliphatic carbocycles. The van der Waals surface area contributed by atoms with Gasteiger partial charge in [-0.2, -0.15) is 0 Å². The summed E-state index contributed by atoms with van der Waals surface area (Å²) in [4.78, 5) is 0. The zero-order chi connectivity index (χ0) is 11.3. The van der Waals surface area contributed by atoms with E-state index in [0.717, 1.165) is 0 Å². The van der Waals surface area contributed by atoms with Gasteiger partial charge in [-0.3, -0.25) is 0 Å². The normalized spacial score (nSPS) is 14.7. The van der Waals surface area contributed by atoms with E-state index < -0.39 is 0 Å². The smallest absolute Gasteiger partial charge is 0.0273 e. The molecule has 15 heavy (non-hydrogen) atoms. The molecule has 0 unspecified atom stereocenters. The van der Waals surface area contributed by atoms with Crippen LogP contribution in [0.25, 0.3) is 0 Å². The number of fused-ring (bicyclic) bond motifs is 1. The summed E-state index contributed by atoms with van der Waals surface area (Å²) in [5.74, 6) is 0. The van der Waals surface area contributed by atoms with Crippen LogP contribution < -0.4 is 0 Å². The molecule has 1 aliphatic rings. The number of hydrogen-bond acceptors (Lipinski definition) is 0. The van der Waals surface area contributed by atoms with Crippen molar-refractivity contribution in [3.63, 3.8) is 0 Å². The van der Waals surface area contributed by atoms with E-state index in [4.69, 9.17) is 0 Å². The van der Waals surface area contributed by atoms with Gasteiger partial charge >= 0.3 is 0 Å². The van der Waals surface area contributed by atoms with Crippen molar-refractivity contribution in [3.05, 3.63) is 34.4 Å². The van der Waals surface area contributed by atoms with Crippen molar-refractivity contribution < 1.29 is 0 Å². The molecule has 0 amide bonds. The van der Waals surface area contributed by atoms with Crippen molar-refractivity contribution in [2.75, 3.05) is 0 Å². The lowest BCUT2D eigenvalue weighted by Gasteiger charge is -2.11. The Hall–Kier alpha value is -0.780. The van der Waals surface area contributed by atoms with Crippen LogP contribution in [0.4, 0.5) is 0 Å². The second-order valence-electron chi connectivity index (χ2n) is 4.21. The summed E-state index contributed by atoms with van der Waals surface area (Å²) < 4.78 is 0. The molecule has 0 N–H and O–H groups in total. The minimum absolute atomic E-state index is 1.30. The quantitative estimate of drug-likeness (QED) is 0.542. The average molecular weight is 204 g/mol. The Labute approximate surface area is 94.7 Å². The first-order valence-electron chi connectivity index (χ1n) is 6.37. The van der Waals surface area contributed by atoms with Crippen LogP contribution in [-0.4, -0.2) is 0 Å². The van der Waals surface area contributed by atoms with Crippen LogP contribution in [-0.2, 0) is 12.8 Å². The molecule has 0 saturated heterocycles. The van der Waals surface area contributed by atoms with E-state index >= 15 is 0 Å². The highest BCUT2D eigenvalue weighted by molar-refractivity contribution is 5.40. The number of aryl methyl sites for hydroxylation is 2. The lowest BCUT2D eigenvalue weighted by Crippen LogP contribution is -1.96. The Morgan fingerprint density at radius 1 is 0.867 bits per heavy atom. The fourth-order valence-corrected chi connectivity index (χ4v) is 2.31. The fraction of sp³-hybridized carbons (Fsp3) is 0.600. The Bertz CT molecular complexity index is 310. The maximum atomic E-state index is 2.34. The first-order valence-corrected chi connectivity index (χ1v) is 6.37. The first kappa shape index (κ1) is 12.3. The van der Waals surface area contributed by atoms with Gasteiger partial charge in [-0.25, -0.2) is 0 Å². The third-order valence-electron chi connectivity index (χ3n) is 3.34. The van der Waals surface area contributed by atoms with E-state index in [2.05, 4.69) is 26.0 Å². The molecule has 0 nitrogen and oxygen atoms in total. The summed E-state index contributed by atoms with van der Waals surface area (Å²) in [6.45, 7) is 8.50. The summed E-state index contributed by atoms with van der Waals surface area (Å²) in [5.41, 5.74) is 6.26. The Kier molecular flexibility index (Phi) is 4.87. The van der Waals surface area contributed by atoms with E-state index in [-0.39, 0.29) is 0 Å². The molecule has 0 atom stereocenters. The molecule has 2 rings (SSSR count). The van der Waals surface area contributed by atoms with Crippen molar-refractivity contribution in [1.29, 1.82) is 0 Å². The SMILES string of the molecule is CC.Cc1ccc2c(c1C)CCCCC2. The van der Waals surface area contributed by atoms with Gasteiger partial charge in [-0.05, 0) is 61.8 Å². The summed E-state index contributed by atoms with van der Waals surface area (Å²) in [6, 6.07) is 4.61. The van der Waals surface area contributed by atoms with E-state index in [1.807, 2.05) is 13.8 Å². The van der Waals surface area contributed by atoms with Crippen molar-refractivity contribution >= 4 is 0 Å². The van der Waals surface area contributed by atoms with Gasteiger partial charge in [0.25, 0.3) is 0 Å². The number of hydrogen-bond donors (Lipinski definition) is 0. The van der Waals surface area contributed by atoms with Crippen LogP contribution in [0, 0.1) is 13.8 Å². The molecular weight excluding hydrogens is 180 g/mol. The Morgan fingerprint density at radius 3 is 2.27 bits per heavy atom. The Balaban J connectivity index is 0.000000531. The summed E-state index contributed by atoms with van der Waals surface area (Å²) in [5, 5.41) is 0. The van der Waals surface area contributed by atoms with Crippen molar-refractivity contribution in [3.8, 4) is 0 Å². The average Bonchev–Trinajstić information content (AvgIpc) is 2.52. The molecule has 0 radical (unpaired) electrons. The zero-order valence-electron chi connectivity index (χ0n) is 10.7. The molecule has 0 aromatic heterocycles. The standard InChI is InChI=1S/C13H18.C2H6/c1-10-8-9-12-6-4-3-5-7-13(12)11(10)2;1-2/h8-9H,3-7H2,1-2H3;1-2H3. The molecule has 1 aromatic rings. The minimum atomic E-state index is 1.30.